The third-order valence-corrected chi connectivity index (χ3v) is 4.93. The molecule has 0 atom stereocenters. The Bertz CT molecular complexity index is 977. The van der Waals surface area contributed by atoms with Crippen molar-refractivity contribution in [1.82, 2.24) is 20.1 Å². The van der Waals surface area contributed by atoms with E-state index < -0.39 is 5.97 Å². The molecule has 0 unspecified atom stereocenters. The molecule has 0 aliphatic rings. The van der Waals surface area contributed by atoms with Gasteiger partial charge in [0.25, 0.3) is 5.91 Å². The average Bonchev–Trinajstić information content (AvgIpc) is 3.22. The van der Waals surface area contributed by atoms with Crippen LogP contribution in [-0.2, 0) is 13.0 Å². The highest BCUT2D eigenvalue weighted by molar-refractivity contribution is 7.09. The molecule has 0 aliphatic heterocycles. The Morgan fingerprint density at radius 2 is 2.07 bits per heavy atom. The molecular formula is C19H20N4O3S. The first kappa shape index (κ1) is 18.8. The van der Waals surface area contributed by atoms with E-state index in [9.17, 15) is 9.59 Å². The SMILES string of the molecule is Cc1cc(C)n(Cc2cccc(C(=O)NCCc3nc(C(=O)O)cs3)c2)n1. The maximum absolute atomic E-state index is 12.4. The Kier molecular flexibility index (Phi) is 5.66. The van der Waals surface area contributed by atoms with E-state index in [0.29, 0.717) is 30.1 Å². The molecule has 8 heteroatoms. The molecule has 7 nitrogen and oxygen atoms in total. The first-order valence-corrected chi connectivity index (χ1v) is 9.36. The Morgan fingerprint density at radius 3 is 2.74 bits per heavy atom. The zero-order valence-electron chi connectivity index (χ0n) is 15.1. The van der Waals surface area contributed by atoms with E-state index in [1.54, 1.807) is 6.07 Å². The van der Waals surface area contributed by atoms with Crippen molar-refractivity contribution in [3.05, 3.63) is 68.9 Å². The van der Waals surface area contributed by atoms with Gasteiger partial charge in [0.05, 0.1) is 17.2 Å². The fraction of sp³-hybridized carbons (Fsp3) is 0.263. The number of hydrogen-bond acceptors (Lipinski definition) is 5. The molecule has 1 aromatic carbocycles. The first-order valence-electron chi connectivity index (χ1n) is 8.48. The number of carboxylic acid groups (broad SMARTS) is 1. The lowest BCUT2D eigenvalue weighted by molar-refractivity contribution is 0.0690. The summed E-state index contributed by atoms with van der Waals surface area (Å²) in [5.74, 6) is -1.21. The third-order valence-electron chi connectivity index (χ3n) is 4.02. The van der Waals surface area contributed by atoms with Crippen LogP contribution < -0.4 is 5.32 Å². The van der Waals surface area contributed by atoms with Crippen LogP contribution in [0.1, 0.15) is 42.8 Å². The quantitative estimate of drug-likeness (QED) is 0.653. The number of nitrogens with zero attached hydrogens (tertiary/aromatic N) is 3. The van der Waals surface area contributed by atoms with Crippen molar-refractivity contribution < 1.29 is 14.7 Å². The maximum atomic E-state index is 12.4. The van der Waals surface area contributed by atoms with Crippen molar-refractivity contribution in [3.63, 3.8) is 0 Å². The average molecular weight is 384 g/mol. The first-order chi connectivity index (χ1) is 12.9. The molecule has 3 aromatic rings. The number of benzene rings is 1. The van der Waals surface area contributed by atoms with E-state index in [4.69, 9.17) is 5.11 Å². The van der Waals surface area contributed by atoms with Gasteiger partial charge >= 0.3 is 5.97 Å². The lowest BCUT2D eigenvalue weighted by Gasteiger charge is -2.08. The number of hydrogen-bond donors (Lipinski definition) is 2. The van der Waals surface area contributed by atoms with Crippen molar-refractivity contribution in [3.8, 4) is 0 Å². The van der Waals surface area contributed by atoms with Gasteiger partial charge in [0.1, 0.15) is 0 Å². The molecule has 2 heterocycles. The number of thiazole rings is 1. The Hall–Kier alpha value is -3.00. The van der Waals surface area contributed by atoms with Crippen LogP contribution >= 0.6 is 11.3 Å². The molecule has 0 fully saturated rings. The van der Waals surface area contributed by atoms with E-state index in [1.807, 2.05) is 42.8 Å². The predicted octanol–water partition coefficient (Wildman–Crippen LogP) is 2.68. The van der Waals surface area contributed by atoms with Gasteiger partial charge in [-0.3, -0.25) is 9.48 Å². The van der Waals surface area contributed by atoms with Crippen molar-refractivity contribution >= 4 is 23.2 Å². The van der Waals surface area contributed by atoms with Crippen LogP contribution in [0.2, 0.25) is 0 Å². The summed E-state index contributed by atoms with van der Waals surface area (Å²) in [5, 5.41) is 18.4. The van der Waals surface area contributed by atoms with Gasteiger partial charge in [-0.2, -0.15) is 5.10 Å². The third kappa shape index (κ3) is 4.79. The van der Waals surface area contributed by atoms with Crippen molar-refractivity contribution in [2.75, 3.05) is 6.54 Å². The summed E-state index contributed by atoms with van der Waals surface area (Å²) in [4.78, 5) is 27.2. The second kappa shape index (κ2) is 8.13. The number of carbonyl (C=O) groups is 2. The van der Waals surface area contributed by atoms with Gasteiger partial charge in [0, 0.05) is 29.6 Å². The Labute approximate surface area is 160 Å². The molecule has 140 valence electrons. The van der Waals surface area contributed by atoms with Gasteiger partial charge in [0.15, 0.2) is 5.69 Å². The summed E-state index contributed by atoms with van der Waals surface area (Å²) < 4.78 is 1.91. The summed E-state index contributed by atoms with van der Waals surface area (Å²) in [6.07, 6.45) is 0.495. The van der Waals surface area contributed by atoms with E-state index >= 15 is 0 Å². The van der Waals surface area contributed by atoms with Gasteiger partial charge < -0.3 is 10.4 Å². The highest BCUT2D eigenvalue weighted by Crippen LogP contribution is 2.11. The fourth-order valence-electron chi connectivity index (χ4n) is 2.73. The van der Waals surface area contributed by atoms with E-state index in [2.05, 4.69) is 15.4 Å². The zero-order valence-corrected chi connectivity index (χ0v) is 15.9. The minimum absolute atomic E-state index is 0.0400. The van der Waals surface area contributed by atoms with Gasteiger partial charge in [0.2, 0.25) is 0 Å². The summed E-state index contributed by atoms with van der Waals surface area (Å²) in [6.45, 7) is 4.96. The van der Waals surface area contributed by atoms with Crippen molar-refractivity contribution in [2.45, 2.75) is 26.8 Å². The number of nitrogens with one attached hydrogen (secondary N) is 1. The zero-order chi connectivity index (χ0) is 19.4. The number of amides is 1. The molecule has 0 spiro atoms. The van der Waals surface area contributed by atoms with E-state index in [-0.39, 0.29) is 11.6 Å². The maximum Gasteiger partial charge on any atom is 0.355 e. The van der Waals surface area contributed by atoms with Crippen LogP contribution in [0.15, 0.2) is 35.7 Å². The number of carboxylic acids is 1. The van der Waals surface area contributed by atoms with Gasteiger partial charge in [-0.25, -0.2) is 9.78 Å². The molecule has 2 aromatic heterocycles. The van der Waals surface area contributed by atoms with Crippen LogP contribution in [-0.4, -0.2) is 38.3 Å². The monoisotopic (exact) mass is 384 g/mol. The number of carbonyl (C=O) groups excluding carboxylic acids is 1. The highest BCUT2D eigenvalue weighted by atomic mass is 32.1. The van der Waals surface area contributed by atoms with E-state index in [1.165, 1.54) is 16.7 Å². The summed E-state index contributed by atoms with van der Waals surface area (Å²) in [5.41, 5.74) is 3.67. The molecule has 2 N–H and O–H groups in total. The molecular weight excluding hydrogens is 364 g/mol. The van der Waals surface area contributed by atoms with Crippen molar-refractivity contribution in [1.29, 1.82) is 0 Å². The van der Waals surface area contributed by atoms with Crippen LogP contribution in [0, 0.1) is 13.8 Å². The molecule has 0 bridgehead atoms. The molecule has 3 rings (SSSR count). The summed E-state index contributed by atoms with van der Waals surface area (Å²) in [7, 11) is 0. The summed E-state index contributed by atoms with van der Waals surface area (Å²) in [6, 6.07) is 9.47. The van der Waals surface area contributed by atoms with Crippen molar-refractivity contribution in [2.24, 2.45) is 0 Å². The van der Waals surface area contributed by atoms with Gasteiger partial charge in [-0.15, -0.1) is 11.3 Å². The predicted molar refractivity (Wildman–Crippen MR) is 102 cm³/mol. The highest BCUT2D eigenvalue weighted by Gasteiger charge is 2.10. The molecule has 0 radical (unpaired) electrons. The topological polar surface area (TPSA) is 97.1 Å². The van der Waals surface area contributed by atoms with Crippen LogP contribution in [0.3, 0.4) is 0 Å². The minimum Gasteiger partial charge on any atom is -0.476 e. The second-order valence-electron chi connectivity index (χ2n) is 6.22. The Morgan fingerprint density at radius 1 is 1.26 bits per heavy atom. The molecule has 0 saturated heterocycles. The van der Waals surface area contributed by atoms with Gasteiger partial charge in [-0.1, -0.05) is 12.1 Å². The Balaban J connectivity index is 1.58. The van der Waals surface area contributed by atoms with Gasteiger partial charge in [-0.05, 0) is 37.6 Å². The number of aryl methyl sites for hydroxylation is 2. The van der Waals surface area contributed by atoms with Crippen LogP contribution in [0.25, 0.3) is 0 Å². The lowest BCUT2D eigenvalue weighted by Crippen LogP contribution is -2.25. The molecule has 0 aliphatic carbocycles. The molecule has 27 heavy (non-hydrogen) atoms. The molecule has 0 saturated carbocycles. The number of rotatable bonds is 7. The standard InChI is InChI=1S/C19H20N4O3S/c1-12-8-13(2)23(22-12)10-14-4-3-5-15(9-14)18(24)20-7-6-17-21-16(11-27-17)19(25)26/h3-5,8-9,11H,6-7,10H2,1-2H3,(H,20,24)(H,25,26). The van der Waals surface area contributed by atoms with Crippen LogP contribution in [0.5, 0.6) is 0 Å². The minimum atomic E-state index is -1.04. The molecule has 1 amide bonds. The smallest absolute Gasteiger partial charge is 0.355 e. The largest absolute Gasteiger partial charge is 0.476 e. The second-order valence-corrected chi connectivity index (χ2v) is 7.17. The fourth-order valence-corrected chi connectivity index (χ4v) is 3.50. The summed E-state index contributed by atoms with van der Waals surface area (Å²) >= 11 is 1.28. The van der Waals surface area contributed by atoms with Crippen LogP contribution in [0.4, 0.5) is 0 Å². The lowest BCUT2D eigenvalue weighted by atomic mass is 10.1. The number of aromatic carboxylic acids is 1. The van der Waals surface area contributed by atoms with E-state index in [0.717, 1.165) is 17.0 Å². The normalized spacial score (nSPS) is 10.7. The number of aromatic nitrogens is 3.